The summed E-state index contributed by atoms with van der Waals surface area (Å²) in [4.78, 5) is 2.38. The van der Waals surface area contributed by atoms with Crippen LogP contribution in [-0.4, -0.2) is 25.1 Å². The van der Waals surface area contributed by atoms with E-state index in [1.165, 1.54) is 43.2 Å². The first-order valence-corrected chi connectivity index (χ1v) is 7.75. The second kappa shape index (κ2) is 5.96. The van der Waals surface area contributed by atoms with Gasteiger partial charge in [0.25, 0.3) is 0 Å². The lowest BCUT2D eigenvalue weighted by Gasteiger charge is -2.27. The Morgan fingerprint density at radius 3 is 2.89 bits per heavy atom. The predicted molar refractivity (Wildman–Crippen MR) is 78.6 cm³/mol. The third-order valence-electron chi connectivity index (χ3n) is 4.61. The molecule has 1 aliphatic heterocycles. The average molecular weight is 259 g/mol. The number of ether oxygens (including phenoxy) is 1. The van der Waals surface area contributed by atoms with E-state index in [9.17, 15) is 0 Å². The van der Waals surface area contributed by atoms with E-state index in [4.69, 9.17) is 4.74 Å². The van der Waals surface area contributed by atoms with Crippen molar-refractivity contribution in [2.75, 3.05) is 20.2 Å². The smallest absolute Gasteiger partial charge is 0.122 e. The number of likely N-dealkylation sites (N-methyl/N-ethyl adjacent to an activating group) is 1. The Morgan fingerprint density at radius 1 is 1.21 bits per heavy atom. The molecule has 0 N–H and O–H groups in total. The molecular formula is C17H25NO. The summed E-state index contributed by atoms with van der Waals surface area (Å²) in [6.07, 6.45) is 8.06. The predicted octanol–water partition coefficient (Wildman–Crippen LogP) is 3.63. The molecule has 1 aromatic carbocycles. The van der Waals surface area contributed by atoms with Crippen LogP contribution >= 0.6 is 0 Å². The fourth-order valence-corrected chi connectivity index (χ4v) is 3.41. The van der Waals surface area contributed by atoms with Crippen molar-refractivity contribution in [3.05, 3.63) is 29.3 Å². The van der Waals surface area contributed by atoms with E-state index in [1.54, 1.807) is 0 Å². The monoisotopic (exact) mass is 259 g/mol. The Bertz CT molecular complexity index is 423. The zero-order valence-electron chi connectivity index (χ0n) is 12.0. The fourth-order valence-electron chi connectivity index (χ4n) is 3.41. The van der Waals surface area contributed by atoms with Gasteiger partial charge >= 0.3 is 0 Å². The lowest BCUT2D eigenvalue weighted by Crippen LogP contribution is -2.27. The average Bonchev–Trinajstić information content (AvgIpc) is 2.45. The van der Waals surface area contributed by atoms with E-state index in [-0.39, 0.29) is 0 Å². The van der Waals surface area contributed by atoms with E-state index in [0.29, 0.717) is 0 Å². The van der Waals surface area contributed by atoms with E-state index >= 15 is 0 Å². The van der Waals surface area contributed by atoms with Crippen LogP contribution < -0.4 is 4.74 Å². The summed E-state index contributed by atoms with van der Waals surface area (Å²) in [5.74, 6) is 1.94. The molecule has 3 rings (SSSR count). The van der Waals surface area contributed by atoms with Crippen LogP contribution in [0.2, 0.25) is 0 Å². The first kappa shape index (κ1) is 13.0. The van der Waals surface area contributed by atoms with Crippen molar-refractivity contribution >= 4 is 0 Å². The van der Waals surface area contributed by atoms with E-state index in [1.807, 2.05) is 0 Å². The Balaban J connectivity index is 1.66. The van der Waals surface area contributed by atoms with E-state index < -0.39 is 0 Å². The van der Waals surface area contributed by atoms with Gasteiger partial charge in [-0.2, -0.15) is 0 Å². The van der Waals surface area contributed by atoms with Gasteiger partial charge in [-0.3, -0.25) is 0 Å². The molecule has 1 heterocycles. The van der Waals surface area contributed by atoms with Gasteiger partial charge in [0.15, 0.2) is 0 Å². The Kier molecular flexibility index (Phi) is 4.07. The molecule has 0 spiro atoms. The quantitative estimate of drug-likeness (QED) is 0.822. The zero-order chi connectivity index (χ0) is 13.1. The molecule has 2 heteroatoms. The van der Waals surface area contributed by atoms with Crippen LogP contribution in [0.3, 0.4) is 0 Å². The molecule has 0 unspecified atom stereocenters. The largest absolute Gasteiger partial charge is 0.493 e. The first-order valence-electron chi connectivity index (χ1n) is 7.75. The summed E-state index contributed by atoms with van der Waals surface area (Å²) in [6, 6.07) is 6.56. The molecule has 19 heavy (non-hydrogen) atoms. The summed E-state index contributed by atoms with van der Waals surface area (Å²) in [7, 11) is 2.19. The highest BCUT2D eigenvalue weighted by Gasteiger charge is 2.18. The van der Waals surface area contributed by atoms with Crippen molar-refractivity contribution in [2.24, 2.45) is 5.92 Å². The van der Waals surface area contributed by atoms with Crippen LogP contribution in [-0.2, 0) is 13.0 Å². The van der Waals surface area contributed by atoms with Crippen LogP contribution in [0.1, 0.15) is 43.2 Å². The molecule has 0 atom stereocenters. The van der Waals surface area contributed by atoms with E-state index in [0.717, 1.165) is 37.8 Å². The molecule has 0 bridgehead atoms. The summed E-state index contributed by atoms with van der Waals surface area (Å²) in [5.41, 5.74) is 2.91. The standard InChI is InChI=1S/C17H25NO/c1-18-11-10-16-15(12-18)8-5-9-17(16)19-13-14-6-3-2-4-7-14/h5,8-9,14H,2-4,6-7,10-13H2,1H3. The molecule has 104 valence electrons. The van der Waals surface area contributed by atoms with Gasteiger partial charge in [-0.1, -0.05) is 31.4 Å². The topological polar surface area (TPSA) is 12.5 Å². The minimum atomic E-state index is 0.788. The summed E-state index contributed by atoms with van der Waals surface area (Å²) in [6.45, 7) is 3.14. The zero-order valence-corrected chi connectivity index (χ0v) is 12.0. The normalized spacial score (nSPS) is 21.1. The molecule has 1 aromatic rings. The fraction of sp³-hybridized carbons (Fsp3) is 0.647. The minimum Gasteiger partial charge on any atom is -0.493 e. The number of nitrogens with zero attached hydrogens (tertiary/aromatic N) is 1. The highest BCUT2D eigenvalue weighted by atomic mass is 16.5. The lowest BCUT2D eigenvalue weighted by molar-refractivity contribution is 0.205. The molecule has 0 amide bonds. The van der Waals surface area contributed by atoms with Crippen LogP contribution in [0.25, 0.3) is 0 Å². The van der Waals surface area contributed by atoms with Crippen molar-refractivity contribution in [2.45, 2.75) is 45.1 Å². The second-order valence-corrected chi connectivity index (χ2v) is 6.20. The Morgan fingerprint density at radius 2 is 2.05 bits per heavy atom. The highest BCUT2D eigenvalue weighted by Crippen LogP contribution is 2.29. The van der Waals surface area contributed by atoms with Gasteiger partial charge in [0.2, 0.25) is 0 Å². The Hall–Kier alpha value is -1.02. The number of rotatable bonds is 3. The van der Waals surface area contributed by atoms with Crippen molar-refractivity contribution in [3.63, 3.8) is 0 Å². The van der Waals surface area contributed by atoms with Crippen LogP contribution in [0.5, 0.6) is 5.75 Å². The Labute approximate surface area is 116 Å². The third kappa shape index (κ3) is 3.11. The molecule has 2 nitrogen and oxygen atoms in total. The van der Waals surface area contributed by atoms with Crippen LogP contribution in [0, 0.1) is 5.92 Å². The van der Waals surface area contributed by atoms with Gasteiger partial charge in [-0.05, 0) is 49.4 Å². The third-order valence-corrected chi connectivity index (χ3v) is 4.61. The number of hydrogen-bond acceptors (Lipinski definition) is 2. The van der Waals surface area contributed by atoms with Gasteiger partial charge in [-0.15, -0.1) is 0 Å². The van der Waals surface area contributed by atoms with Gasteiger partial charge in [-0.25, -0.2) is 0 Å². The molecule has 0 saturated heterocycles. The van der Waals surface area contributed by atoms with Gasteiger partial charge in [0.05, 0.1) is 6.61 Å². The summed E-state index contributed by atoms with van der Waals surface area (Å²) in [5, 5.41) is 0. The molecule has 1 fully saturated rings. The van der Waals surface area contributed by atoms with Crippen molar-refractivity contribution < 1.29 is 4.74 Å². The molecule has 2 aliphatic rings. The minimum absolute atomic E-state index is 0.788. The summed E-state index contributed by atoms with van der Waals surface area (Å²) >= 11 is 0. The summed E-state index contributed by atoms with van der Waals surface area (Å²) < 4.78 is 6.16. The number of benzene rings is 1. The van der Waals surface area contributed by atoms with Crippen molar-refractivity contribution in [3.8, 4) is 5.75 Å². The van der Waals surface area contributed by atoms with Crippen molar-refractivity contribution in [1.82, 2.24) is 4.90 Å². The maximum absolute atomic E-state index is 6.16. The molecule has 0 aromatic heterocycles. The van der Waals surface area contributed by atoms with Crippen molar-refractivity contribution in [1.29, 1.82) is 0 Å². The maximum atomic E-state index is 6.16. The number of hydrogen-bond donors (Lipinski definition) is 0. The number of fused-ring (bicyclic) bond motifs is 1. The SMILES string of the molecule is CN1CCc2c(cccc2OCC2CCCCC2)C1. The molecule has 1 saturated carbocycles. The van der Waals surface area contributed by atoms with Gasteiger partial charge in [0.1, 0.15) is 5.75 Å². The van der Waals surface area contributed by atoms with E-state index in [2.05, 4.69) is 30.1 Å². The first-order chi connectivity index (χ1) is 9.33. The van der Waals surface area contributed by atoms with Gasteiger partial charge in [0, 0.05) is 13.1 Å². The molecule has 1 aliphatic carbocycles. The molecular weight excluding hydrogens is 234 g/mol. The van der Waals surface area contributed by atoms with Gasteiger partial charge < -0.3 is 9.64 Å². The van der Waals surface area contributed by atoms with Crippen LogP contribution in [0.4, 0.5) is 0 Å². The highest BCUT2D eigenvalue weighted by molar-refractivity contribution is 5.41. The molecule has 0 radical (unpaired) electrons. The maximum Gasteiger partial charge on any atom is 0.122 e. The second-order valence-electron chi connectivity index (χ2n) is 6.20. The van der Waals surface area contributed by atoms with Crippen LogP contribution in [0.15, 0.2) is 18.2 Å². The lowest BCUT2D eigenvalue weighted by atomic mass is 9.90.